The summed E-state index contributed by atoms with van der Waals surface area (Å²) < 4.78 is 5.39. The maximum Gasteiger partial charge on any atom is 0.252 e. The zero-order chi connectivity index (χ0) is 10.0. The molecule has 1 aromatic rings. The molecule has 1 heterocycles. The molecule has 0 unspecified atom stereocenters. The second-order valence-corrected chi connectivity index (χ2v) is 3.64. The van der Waals surface area contributed by atoms with Crippen LogP contribution in [0.1, 0.15) is 35.7 Å². The number of carbonyl (C=O) groups is 1. The smallest absolute Gasteiger partial charge is 0.252 e. The number of nitrogens with two attached hydrogens (primary N) is 1. The summed E-state index contributed by atoms with van der Waals surface area (Å²) in [5.41, 5.74) is 5.66. The van der Waals surface area contributed by atoms with Crippen LogP contribution in [-0.2, 0) is 6.42 Å². The third-order valence-corrected chi connectivity index (χ3v) is 1.84. The van der Waals surface area contributed by atoms with Gasteiger partial charge in [0.1, 0.15) is 11.5 Å². The van der Waals surface area contributed by atoms with Crippen molar-refractivity contribution in [2.75, 3.05) is 0 Å². The van der Waals surface area contributed by atoms with E-state index in [1.807, 2.05) is 0 Å². The van der Waals surface area contributed by atoms with E-state index in [2.05, 4.69) is 13.8 Å². The normalized spacial score (nSPS) is 10.8. The Morgan fingerprint density at radius 1 is 1.62 bits per heavy atom. The largest absolute Gasteiger partial charge is 0.466 e. The summed E-state index contributed by atoms with van der Waals surface area (Å²) in [4.78, 5) is 10.9. The quantitative estimate of drug-likeness (QED) is 0.774. The standard InChI is InChI=1S/C10H15NO2/c1-6(2)4-8-5-9(10(11)12)7(3)13-8/h5-6H,4H2,1-3H3,(H2,11,12). The molecule has 3 heteroatoms. The van der Waals surface area contributed by atoms with Crippen LogP contribution < -0.4 is 5.73 Å². The minimum atomic E-state index is -0.420. The van der Waals surface area contributed by atoms with E-state index in [1.165, 1.54) is 0 Å². The second kappa shape index (κ2) is 3.64. The van der Waals surface area contributed by atoms with Gasteiger partial charge in [0.05, 0.1) is 5.56 Å². The Bertz CT molecular complexity index is 313. The molecule has 3 nitrogen and oxygen atoms in total. The lowest BCUT2D eigenvalue weighted by Gasteiger charge is -1.98. The molecule has 0 fully saturated rings. The number of primary amides is 1. The van der Waals surface area contributed by atoms with Gasteiger partial charge in [-0.05, 0) is 18.9 Å². The van der Waals surface area contributed by atoms with Crippen molar-refractivity contribution in [1.82, 2.24) is 0 Å². The van der Waals surface area contributed by atoms with Crippen LogP contribution in [0.2, 0.25) is 0 Å². The summed E-state index contributed by atoms with van der Waals surface area (Å²) in [6.07, 6.45) is 0.841. The van der Waals surface area contributed by atoms with Crippen LogP contribution >= 0.6 is 0 Å². The first-order chi connectivity index (χ1) is 6.00. The summed E-state index contributed by atoms with van der Waals surface area (Å²) in [5.74, 6) is 1.55. The molecule has 0 atom stereocenters. The fraction of sp³-hybridized carbons (Fsp3) is 0.500. The van der Waals surface area contributed by atoms with E-state index in [9.17, 15) is 4.79 Å². The Labute approximate surface area is 77.9 Å². The van der Waals surface area contributed by atoms with Gasteiger partial charge in [-0.1, -0.05) is 13.8 Å². The van der Waals surface area contributed by atoms with Crippen molar-refractivity contribution >= 4 is 5.91 Å². The van der Waals surface area contributed by atoms with Gasteiger partial charge in [0, 0.05) is 6.42 Å². The Morgan fingerprint density at radius 2 is 2.23 bits per heavy atom. The minimum Gasteiger partial charge on any atom is -0.466 e. The predicted octanol–water partition coefficient (Wildman–Crippen LogP) is 1.89. The van der Waals surface area contributed by atoms with Crippen molar-refractivity contribution in [1.29, 1.82) is 0 Å². The molecule has 0 aromatic carbocycles. The van der Waals surface area contributed by atoms with E-state index < -0.39 is 5.91 Å². The average molecular weight is 181 g/mol. The molecule has 2 N–H and O–H groups in total. The molecule has 1 amide bonds. The topological polar surface area (TPSA) is 56.2 Å². The van der Waals surface area contributed by atoms with Crippen LogP contribution in [0.5, 0.6) is 0 Å². The van der Waals surface area contributed by atoms with Gasteiger partial charge >= 0.3 is 0 Å². The number of hydrogen-bond donors (Lipinski definition) is 1. The minimum absolute atomic E-state index is 0.420. The summed E-state index contributed by atoms with van der Waals surface area (Å²) >= 11 is 0. The average Bonchev–Trinajstić information content (AvgIpc) is 2.29. The number of furan rings is 1. The van der Waals surface area contributed by atoms with Crippen LogP contribution in [0.4, 0.5) is 0 Å². The first-order valence-electron chi connectivity index (χ1n) is 4.39. The molecule has 0 saturated carbocycles. The van der Waals surface area contributed by atoms with Crippen LogP contribution in [0.25, 0.3) is 0 Å². The maximum atomic E-state index is 10.9. The molecule has 0 saturated heterocycles. The highest BCUT2D eigenvalue weighted by atomic mass is 16.3. The third-order valence-electron chi connectivity index (χ3n) is 1.84. The van der Waals surface area contributed by atoms with Crippen molar-refractivity contribution in [3.8, 4) is 0 Å². The third kappa shape index (κ3) is 2.34. The molecule has 0 aliphatic rings. The van der Waals surface area contributed by atoms with Crippen molar-refractivity contribution in [2.24, 2.45) is 11.7 Å². The van der Waals surface area contributed by atoms with Crippen LogP contribution in [0.3, 0.4) is 0 Å². The molecule has 13 heavy (non-hydrogen) atoms. The van der Waals surface area contributed by atoms with E-state index in [4.69, 9.17) is 10.2 Å². The summed E-state index contributed by atoms with van der Waals surface area (Å²) in [5, 5.41) is 0. The summed E-state index contributed by atoms with van der Waals surface area (Å²) in [6, 6.07) is 1.73. The maximum absolute atomic E-state index is 10.9. The van der Waals surface area contributed by atoms with E-state index in [0.717, 1.165) is 12.2 Å². The summed E-state index contributed by atoms with van der Waals surface area (Å²) in [6.45, 7) is 5.95. The fourth-order valence-corrected chi connectivity index (χ4v) is 1.29. The lowest BCUT2D eigenvalue weighted by atomic mass is 10.1. The molecule has 1 aromatic heterocycles. The monoisotopic (exact) mass is 181 g/mol. The van der Waals surface area contributed by atoms with Gasteiger partial charge in [0.25, 0.3) is 5.91 Å². The lowest BCUT2D eigenvalue weighted by Crippen LogP contribution is -2.10. The highest BCUT2D eigenvalue weighted by Gasteiger charge is 2.12. The van der Waals surface area contributed by atoms with Gasteiger partial charge in [-0.3, -0.25) is 4.79 Å². The SMILES string of the molecule is Cc1oc(CC(C)C)cc1C(N)=O. The predicted molar refractivity (Wildman–Crippen MR) is 50.5 cm³/mol. The van der Waals surface area contributed by atoms with Gasteiger partial charge in [0.2, 0.25) is 0 Å². The molecule has 0 spiro atoms. The molecule has 0 aliphatic carbocycles. The fourth-order valence-electron chi connectivity index (χ4n) is 1.29. The van der Waals surface area contributed by atoms with Gasteiger partial charge in [-0.25, -0.2) is 0 Å². The summed E-state index contributed by atoms with van der Waals surface area (Å²) in [7, 11) is 0. The second-order valence-electron chi connectivity index (χ2n) is 3.64. The first-order valence-corrected chi connectivity index (χ1v) is 4.39. The van der Waals surface area contributed by atoms with Gasteiger partial charge in [0.15, 0.2) is 0 Å². The van der Waals surface area contributed by atoms with Crippen molar-refractivity contribution < 1.29 is 9.21 Å². The molecular weight excluding hydrogens is 166 g/mol. The highest BCUT2D eigenvalue weighted by Crippen LogP contribution is 2.16. The molecule has 0 aliphatic heterocycles. The van der Waals surface area contributed by atoms with Crippen molar-refractivity contribution in [2.45, 2.75) is 27.2 Å². The number of rotatable bonds is 3. The Kier molecular flexibility index (Phi) is 2.76. The van der Waals surface area contributed by atoms with Crippen LogP contribution in [0, 0.1) is 12.8 Å². The number of aryl methyl sites for hydroxylation is 1. The van der Waals surface area contributed by atoms with E-state index in [0.29, 0.717) is 17.2 Å². The number of amides is 1. The zero-order valence-corrected chi connectivity index (χ0v) is 8.26. The lowest BCUT2D eigenvalue weighted by molar-refractivity contribution is 0.0999. The number of hydrogen-bond acceptors (Lipinski definition) is 2. The molecule has 0 bridgehead atoms. The van der Waals surface area contributed by atoms with Crippen LogP contribution in [-0.4, -0.2) is 5.91 Å². The Hall–Kier alpha value is -1.25. The molecule has 72 valence electrons. The van der Waals surface area contributed by atoms with Gasteiger partial charge in [-0.15, -0.1) is 0 Å². The first kappa shape index (κ1) is 9.84. The molecular formula is C10H15NO2. The highest BCUT2D eigenvalue weighted by molar-refractivity contribution is 5.93. The van der Waals surface area contributed by atoms with E-state index in [-0.39, 0.29) is 0 Å². The van der Waals surface area contributed by atoms with E-state index in [1.54, 1.807) is 13.0 Å². The van der Waals surface area contributed by atoms with Crippen molar-refractivity contribution in [3.63, 3.8) is 0 Å². The molecule has 0 radical (unpaired) electrons. The van der Waals surface area contributed by atoms with E-state index >= 15 is 0 Å². The van der Waals surface area contributed by atoms with Crippen molar-refractivity contribution in [3.05, 3.63) is 23.2 Å². The van der Waals surface area contributed by atoms with Gasteiger partial charge in [-0.2, -0.15) is 0 Å². The Balaban J connectivity index is 2.89. The molecule has 1 rings (SSSR count). The Morgan fingerprint density at radius 3 is 2.62 bits per heavy atom. The van der Waals surface area contributed by atoms with Crippen LogP contribution in [0.15, 0.2) is 10.5 Å². The van der Waals surface area contributed by atoms with Gasteiger partial charge < -0.3 is 10.2 Å². The zero-order valence-electron chi connectivity index (χ0n) is 8.26. The number of carbonyl (C=O) groups excluding carboxylic acids is 1.